The number of carbonyl (C=O) groups excluding carboxylic acids is 1. The van der Waals surface area contributed by atoms with Crippen LogP contribution in [0.2, 0.25) is 5.02 Å². The summed E-state index contributed by atoms with van der Waals surface area (Å²) in [6.45, 7) is 2.12. The summed E-state index contributed by atoms with van der Waals surface area (Å²) in [5.41, 5.74) is -0.166. The molecule has 0 fully saturated rings. The van der Waals surface area contributed by atoms with Crippen LogP contribution in [0.3, 0.4) is 0 Å². The number of aromatic nitrogens is 2. The molecule has 0 spiro atoms. The molecule has 0 aliphatic rings. The van der Waals surface area contributed by atoms with Crippen LogP contribution in [0.25, 0.3) is 0 Å². The second kappa shape index (κ2) is 7.98. The number of nitro benzene ring substituents is 1. The first-order chi connectivity index (χ1) is 11.0. The fourth-order valence-electron chi connectivity index (χ4n) is 1.90. The van der Waals surface area contributed by atoms with Gasteiger partial charge in [-0.2, -0.15) is 0 Å². The van der Waals surface area contributed by atoms with Crippen LogP contribution in [0.4, 0.5) is 10.8 Å². The van der Waals surface area contributed by atoms with Gasteiger partial charge in [-0.25, -0.2) is 0 Å². The van der Waals surface area contributed by atoms with E-state index in [9.17, 15) is 14.9 Å². The molecule has 1 heterocycles. The molecular weight excluding hydrogens is 340 g/mol. The molecule has 0 unspecified atom stereocenters. The molecule has 0 saturated carbocycles. The number of benzene rings is 1. The molecule has 1 aromatic carbocycles. The van der Waals surface area contributed by atoms with Crippen molar-refractivity contribution in [3.05, 3.63) is 43.9 Å². The number of aryl methyl sites for hydroxylation is 1. The second-order valence-corrected chi connectivity index (χ2v) is 6.30. The third kappa shape index (κ3) is 4.70. The van der Waals surface area contributed by atoms with Crippen molar-refractivity contribution >= 4 is 39.7 Å². The summed E-state index contributed by atoms with van der Waals surface area (Å²) < 4.78 is 0. The van der Waals surface area contributed by atoms with Gasteiger partial charge in [0.1, 0.15) is 5.01 Å². The van der Waals surface area contributed by atoms with Gasteiger partial charge in [-0.05, 0) is 12.5 Å². The lowest BCUT2D eigenvalue weighted by molar-refractivity contribution is -0.384. The van der Waals surface area contributed by atoms with E-state index in [0.717, 1.165) is 36.8 Å². The molecule has 23 heavy (non-hydrogen) atoms. The summed E-state index contributed by atoms with van der Waals surface area (Å²) in [5.74, 6) is -0.546. The van der Waals surface area contributed by atoms with E-state index >= 15 is 0 Å². The zero-order valence-corrected chi connectivity index (χ0v) is 14.0. The molecule has 1 N–H and O–H groups in total. The highest BCUT2D eigenvalue weighted by Crippen LogP contribution is 2.24. The topological polar surface area (TPSA) is 98.0 Å². The molecule has 7 nitrogen and oxygen atoms in total. The maximum Gasteiger partial charge on any atom is 0.270 e. The first kappa shape index (κ1) is 17.3. The number of amides is 1. The second-order valence-electron chi connectivity index (χ2n) is 4.83. The fraction of sp³-hybridized carbons (Fsp3) is 0.357. The van der Waals surface area contributed by atoms with E-state index < -0.39 is 10.8 Å². The Labute approximate surface area is 141 Å². The third-order valence-corrected chi connectivity index (χ3v) is 4.31. The molecule has 1 amide bonds. The maximum atomic E-state index is 12.2. The minimum Gasteiger partial charge on any atom is -0.296 e. The van der Waals surface area contributed by atoms with Gasteiger partial charge >= 0.3 is 0 Å². The highest BCUT2D eigenvalue weighted by molar-refractivity contribution is 7.15. The summed E-state index contributed by atoms with van der Waals surface area (Å²) in [5, 5.41) is 22.6. The lowest BCUT2D eigenvalue weighted by atomic mass is 10.2. The average Bonchev–Trinajstić information content (AvgIpc) is 2.95. The van der Waals surface area contributed by atoms with Crippen LogP contribution < -0.4 is 5.32 Å². The van der Waals surface area contributed by atoms with Gasteiger partial charge in [0.25, 0.3) is 11.6 Å². The van der Waals surface area contributed by atoms with Gasteiger partial charge in [-0.15, -0.1) is 10.2 Å². The van der Waals surface area contributed by atoms with Crippen LogP contribution in [0.5, 0.6) is 0 Å². The van der Waals surface area contributed by atoms with E-state index in [0.29, 0.717) is 5.13 Å². The van der Waals surface area contributed by atoms with Gasteiger partial charge in [0.2, 0.25) is 5.13 Å². The Morgan fingerprint density at radius 3 is 2.87 bits per heavy atom. The summed E-state index contributed by atoms with van der Waals surface area (Å²) in [6.07, 6.45) is 4.08. The number of non-ortho nitro benzene ring substituents is 1. The van der Waals surface area contributed by atoms with Gasteiger partial charge in [-0.1, -0.05) is 42.7 Å². The number of halogens is 1. The molecular formula is C14H15ClN4O3S. The van der Waals surface area contributed by atoms with Gasteiger partial charge in [0.15, 0.2) is 0 Å². The van der Waals surface area contributed by atoms with Crippen molar-refractivity contribution in [1.82, 2.24) is 10.2 Å². The number of nitrogens with one attached hydrogen (secondary N) is 1. The zero-order chi connectivity index (χ0) is 16.8. The van der Waals surface area contributed by atoms with Crippen LogP contribution in [0.1, 0.15) is 41.6 Å². The van der Waals surface area contributed by atoms with Crippen LogP contribution in [-0.4, -0.2) is 21.0 Å². The van der Waals surface area contributed by atoms with E-state index in [2.05, 4.69) is 22.4 Å². The zero-order valence-electron chi connectivity index (χ0n) is 12.4. The number of anilines is 1. The molecule has 1 aromatic heterocycles. The molecule has 0 saturated heterocycles. The molecule has 0 atom stereocenters. The van der Waals surface area contributed by atoms with E-state index in [4.69, 9.17) is 11.6 Å². The van der Waals surface area contributed by atoms with Gasteiger partial charge in [-0.3, -0.25) is 20.2 Å². The predicted octanol–water partition coefficient (Wildman–Crippen LogP) is 4.08. The molecule has 0 bridgehead atoms. The number of unbranched alkanes of at least 4 members (excludes halogenated alkanes) is 2. The van der Waals surface area contributed by atoms with Crippen LogP contribution in [-0.2, 0) is 6.42 Å². The van der Waals surface area contributed by atoms with E-state index in [1.54, 1.807) is 0 Å². The van der Waals surface area contributed by atoms with Crippen LogP contribution >= 0.6 is 22.9 Å². The highest BCUT2D eigenvalue weighted by Gasteiger charge is 2.17. The minimum atomic E-state index is -0.579. The number of rotatable bonds is 7. The lowest BCUT2D eigenvalue weighted by Gasteiger charge is -2.03. The first-order valence-corrected chi connectivity index (χ1v) is 8.28. The summed E-state index contributed by atoms with van der Waals surface area (Å²) in [6, 6.07) is 3.71. The number of carbonyl (C=O) groups is 1. The Morgan fingerprint density at radius 1 is 1.39 bits per heavy atom. The van der Waals surface area contributed by atoms with Gasteiger partial charge in [0, 0.05) is 18.6 Å². The van der Waals surface area contributed by atoms with E-state index in [1.165, 1.54) is 23.5 Å². The van der Waals surface area contributed by atoms with E-state index in [1.807, 2.05) is 0 Å². The van der Waals surface area contributed by atoms with Crippen molar-refractivity contribution in [2.75, 3.05) is 5.32 Å². The van der Waals surface area contributed by atoms with Gasteiger partial charge in [0.05, 0.1) is 15.5 Å². The lowest BCUT2D eigenvalue weighted by Crippen LogP contribution is -2.12. The minimum absolute atomic E-state index is 0.0311. The predicted molar refractivity (Wildman–Crippen MR) is 89.2 cm³/mol. The molecule has 9 heteroatoms. The van der Waals surface area contributed by atoms with Crippen molar-refractivity contribution in [2.45, 2.75) is 32.6 Å². The third-order valence-electron chi connectivity index (χ3n) is 3.09. The van der Waals surface area contributed by atoms with E-state index in [-0.39, 0.29) is 16.3 Å². The molecule has 122 valence electrons. The SMILES string of the molecule is CCCCCc1nnc(NC(=O)c2cc([N+](=O)[O-])ccc2Cl)s1. The molecule has 2 aromatic rings. The van der Waals surface area contributed by atoms with Crippen molar-refractivity contribution in [2.24, 2.45) is 0 Å². The smallest absolute Gasteiger partial charge is 0.270 e. The number of nitrogens with zero attached hydrogens (tertiary/aromatic N) is 3. The van der Waals surface area contributed by atoms with Crippen molar-refractivity contribution in [3.63, 3.8) is 0 Å². The number of nitro groups is 1. The Hall–Kier alpha value is -2.06. The highest BCUT2D eigenvalue weighted by atomic mass is 35.5. The largest absolute Gasteiger partial charge is 0.296 e. The monoisotopic (exact) mass is 354 g/mol. The van der Waals surface area contributed by atoms with Crippen molar-refractivity contribution in [3.8, 4) is 0 Å². The standard InChI is InChI=1S/C14H15ClN4O3S/c1-2-3-4-5-12-17-18-14(23-12)16-13(20)10-8-9(19(21)22)6-7-11(10)15/h6-8H,2-5H2,1H3,(H,16,18,20). The molecule has 0 aliphatic heterocycles. The fourth-order valence-corrected chi connectivity index (χ4v) is 2.88. The summed E-state index contributed by atoms with van der Waals surface area (Å²) in [7, 11) is 0. The normalized spacial score (nSPS) is 10.5. The Balaban J connectivity index is 2.07. The maximum absolute atomic E-state index is 12.2. The Morgan fingerprint density at radius 2 is 2.17 bits per heavy atom. The molecule has 0 radical (unpaired) electrons. The number of hydrogen-bond donors (Lipinski definition) is 1. The molecule has 2 rings (SSSR count). The average molecular weight is 355 g/mol. The molecule has 0 aliphatic carbocycles. The van der Waals surface area contributed by atoms with Crippen molar-refractivity contribution < 1.29 is 9.72 Å². The first-order valence-electron chi connectivity index (χ1n) is 7.09. The summed E-state index contributed by atoms with van der Waals surface area (Å²) >= 11 is 7.23. The van der Waals surface area contributed by atoms with Crippen molar-refractivity contribution in [1.29, 1.82) is 0 Å². The van der Waals surface area contributed by atoms with Crippen LogP contribution in [0, 0.1) is 10.1 Å². The van der Waals surface area contributed by atoms with Crippen LogP contribution in [0.15, 0.2) is 18.2 Å². The number of hydrogen-bond acceptors (Lipinski definition) is 6. The quantitative estimate of drug-likeness (QED) is 0.458. The summed E-state index contributed by atoms with van der Waals surface area (Å²) in [4.78, 5) is 22.4. The Kier molecular flexibility index (Phi) is 6.00. The Bertz CT molecular complexity index is 720. The van der Waals surface area contributed by atoms with Gasteiger partial charge < -0.3 is 0 Å².